The number of hydrogen-bond donors (Lipinski definition) is 0. The van der Waals surface area contributed by atoms with Crippen LogP contribution < -0.4 is 0 Å². The summed E-state index contributed by atoms with van der Waals surface area (Å²) in [4.78, 5) is 9.67. The molecule has 0 saturated carbocycles. The van der Waals surface area contributed by atoms with Crippen molar-refractivity contribution in [1.82, 2.24) is 9.78 Å². The van der Waals surface area contributed by atoms with Crippen LogP contribution >= 0.6 is 11.6 Å². The molecule has 2 aromatic rings. The van der Waals surface area contributed by atoms with Crippen LogP contribution in [0.15, 0.2) is 30.6 Å². The van der Waals surface area contributed by atoms with Crippen molar-refractivity contribution < 1.29 is 9.31 Å². The average Bonchev–Trinajstić information content (AvgIpc) is 2.63. The third-order valence-corrected chi connectivity index (χ3v) is 2.35. The van der Waals surface area contributed by atoms with Crippen LogP contribution in [-0.4, -0.2) is 14.7 Å². The fourth-order valence-electron chi connectivity index (χ4n) is 1.41. The zero-order valence-corrected chi connectivity index (χ0v) is 9.26. The lowest BCUT2D eigenvalue weighted by molar-refractivity contribution is -0.387. The minimum Gasteiger partial charge on any atom is -0.267 e. The van der Waals surface area contributed by atoms with E-state index in [9.17, 15) is 14.5 Å². The molecular formula is C10H7ClFN3O2. The molecule has 1 aromatic heterocycles. The Morgan fingerprint density at radius 3 is 2.82 bits per heavy atom. The smallest absolute Gasteiger partial charge is 0.267 e. The summed E-state index contributed by atoms with van der Waals surface area (Å²) in [6, 6.07) is 3.74. The molecule has 0 atom stereocenters. The summed E-state index contributed by atoms with van der Waals surface area (Å²) in [7, 11) is 0. The van der Waals surface area contributed by atoms with E-state index in [1.54, 1.807) is 6.20 Å². The number of hydrogen-bond acceptors (Lipinski definition) is 3. The molecule has 0 aliphatic heterocycles. The molecular weight excluding hydrogens is 249 g/mol. The molecule has 5 nitrogen and oxygen atoms in total. The molecule has 0 saturated heterocycles. The SMILES string of the molecule is O=[N+]([O-])c1ccc(Cn2cc(Cl)cn2)cc1F. The van der Waals surface area contributed by atoms with Gasteiger partial charge in [0.25, 0.3) is 0 Å². The number of nitrogens with zero attached hydrogens (tertiary/aromatic N) is 3. The van der Waals surface area contributed by atoms with Gasteiger partial charge in [0.15, 0.2) is 0 Å². The Hall–Kier alpha value is -1.95. The van der Waals surface area contributed by atoms with Crippen molar-refractivity contribution in [3.05, 3.63) is 57.1 Å². The van der Waals surface area contributed by atoms with E-state index in [2.05, 4.69) is 5.10 Å². The van der Waals surface area contributed by atoms with Gasteiger partial charge in [-0.1, -0.05) is 17.7 Å². The van der Waals surface area contributed by atoms with Gasteiger partial charge < -0.3 is 0 Å². The van der Waals surface area contributed by atoms with E-state index < -0.39 is 16.4 Å². The van der Waals surface area contributed by atoms with Crippen molar-refractivity contribution >= 4 is 17.3 Å². The third kappa shape index (κ3) is 2.59. The second-order valence-electron chi connectivity index (χ2n) is 3.40. The van der Waals surface area contributed by atoms with E-state index in [0.717, 1.165) is 12.1 Å². The predicted octanol–water partition coefficient (Wildman–Crippen LogP) is 2.63. The lowest BCUT2D eigenvalue weighted by Crippen LogP contribution is -2.01. The van der Waals surface area contributed by atoms with Gasteiger partial charge in [-0.25, -0.2) is 0 Å². The maximum absolute atomic E-state index is 13.3. The molecule has 0 N–H and O–H groups in total. The van der Waals surface area contributed by atoms with Crippen LogP contribution in [0.25, 0.3) is 0 Å². The first kappa shape index (κ1) is 11.5. The summed E-state index contributed by atoms with van der Waals surface area (Å²) < 4.78 is 14.8. The molecule has 88 valence electrons. The summed E-state index contributed by atoms with van der Waals surface area (Å²) in [5.74, 6) is -0.856. The number of halogens is 2. The number of rotatable bonds is 3. The summed E-state index contributed by atoms with van der Waals surface area (Å²) in [6.45, 7) is 0.307. The lowest BCUT2D eigenvalue weighted by Gasteiger charge is -2.02. The van der Waals surface area contributed by atoms with Crippen LogP contribution in [0.1, 0.15) is 5.56 Å². The van der Waals surface area contributed by atoms with E-state index in [1.807, 2.05) is 0 Å². The summed E-state index contributed by atoms with van der Waals surface area (Å²) in [6.07, 6.45) is 3.05. The minimum absolute atomic E-state index is 0.307. The first-order valence-corrected chi connectivity index (χ1v) is 5.05. The van der Waals surface area contributed by atoms with Gasteiger partial charge in [0.1, 0.15) is 0 Å². The van der Waals surface area contributed by atoms with Gasteiger partial charge in [-0.15, -0.1) is 0 Å². The van der Waals surface area contributed by atoms with Crippen LogP contribution in [0, 0.1) is 15.9 Å². The largest absolute Gasteiger partial charge is 0.304 e. The van der Waals surface area contributed by atoms with E-state index in [-0.39, 0.29) is 0 Å². The molecule has 0 bridgehead atoms. The maximum atomic E-state index is 13.3. The molecule has 0 unspecified atom stereocenters. The van der Waals surface area contributed by atoms with E-state index in [4.69, 9.17) is 11.6 Å². The summed E-state index contributed by atoms with van der Waals surface area (Å²) in [5.41, 5.74) is 0.0418. The molecule has 0 fully saturated rings. The normalized spacial score (nSPS) is 10.5. The first-order valence-electron chi connectivity index (χ1n) is 4.67. The van der Waals surface area contributed by atoms with E-state index in [1.165, 1.54) is 16.9 Å². The van der Waals surface area contributed by atoms with Crippen molar-refractivity contribution in [2.45, 2.75) is 6.54 Å². The van der Waals surface area contributed by atoms with Crippen LogP contribution in [0.3, 0.4) is 0 Å². The van der Waals surface area contributed by atoms with Crippen molar-refractivity contribution in [3.8, 4) is 0 Å². The minimum atomic E-state index is -0.856. The molecule has 7 heteroatoms. The zero-order valence-electron chi connectivity index (χ0n) is 8.51. The zero-order chi connectivity index (χ0) is 12.4. The Labute approximate surface area is 101 Å². The van der Waals surface area contributed by atoms with Gasteiger partial charge in [-0.05, 0) is 11.6 Å². The highest BCUT2D eigenvalue weighted by Gasteiger charge is 2.13. The fraction of sp³-hybridized carbons (Fsp3) is 0.100. The fourth-order valence-corrected chi connectivity index (χ4v) is 1.56. The quantitative estimate of drug-likeness (QED) is 0.626. The van der Waals surface area contributed by atoms with Crippen LogP contribution in [0.4, 0.5) is 10.1 Å². The second-order valence-corrected chi connectivity index (χ2v) is 3.84. The Kier molecular flexibility index (Phi) is 3.06. The molecule has 0 spiro atoms. The molecule has 0 aliphatic rings. The van der Waals surface area contributed by atoms with Gasteiger partial charge in [0, 0.05) is 12.3 Å². The first-order chi connectivity index (χ1) is 8.06. The van der Waals surface area contributed by atoms with Crippen LogP contribution in [0.2, 0.25) is 5.02 Å². The molecule has 1 aromatic carbocycles. The lowest BCUT2D eigenvalue weighted by atomic mass is 10.2. The number of benzene rings is 1. The number of nitro benzene ring substituents is 1. The van der Waals surface area contributed by atoms with Crippen molar-refractivity contribution in [2.75, 3.05) is 0 Å². The van der Waals surface area contributed by atoms with Crippen molar-refractivity contribution in [3.63, 3.8) is 0 Å². The standard InChI is InChI=1S/C10H7ClFN3O2/c11-8-4-13-14(6-8)5-7-1-2-10(15(16)17)9(12)3-7/h1-4,6H,5H2. The van der Waals surface area contributed by atoms with Gasteiger partial charge >= 0.3 is 5.69 Å². The van der Waals surface area contributed by atoms with Gasteiger partial charge in [-0.3, -0.25) is 14.8 Å². The highest BCUT2D eigenvalue weighted by molar-refractivity contribution is 6.30. The number of nitro groups is 1. The molecule has 0 radical (unpaired) electrons. The third-order valence-electron chi connectivity index (χ3n) is 2.16. The summed E-state index contributed by atoms with van der Waals surface area (Å²) >= 11 is 5.68. The maximum Gasteiger partial charge on any atom is 0.304 e. The monoisotopic (exact) mass is 255 g/mol. The van der Waals surface area contributed by atoms with Gasteiger partial charge in [0.2, 0.25) is 5.82 Å². The highest BCUT2D eigenvalue weighted by atomic mass is 35.5. The molecule has 0 aliphatic carbocycles. The van der Waals surface area contributed by atoms with Crippen molar-refractivity contribution in [2.24, 2.45) is 0 Å². The van der Waals surface area contributed by atoms with E-state index in [0.29, 0.717) is 17.1 Å². The van der Waals surface area contributed by atoms with Gasteiger partial charge in [-0.2, -0.15) is 9.49 Å². The Morgan fingerprint density at radius 2 is 2.29 bits per heavy atom. The number of aromatic nitrogens is 2. The van der Waals surface area contributed by atoms with Crippen LogP contribution in [-0.2, 0) is 6.54 Å². The van der Waals surface area contributed by atoms with Crippen LogP contribution in [0.5, 0.6) is 0 Å². The Morgan fingerprint density at radius 1 is 1.53 bits per heavy atom. The average molecular weight is 256 g/mol. The molecule has 1 heterocycles. The molecule has 2 rings (SSSR count). The Bertz CT molecular complexity index is 570. The second kappa shape index (κ2) is 4.50. The molecule has 17 heavy (non-hydrogen) atoms. The highest BCUT2D eigenvalue weighted by Crippen LogP contribution is 2.18. The topological polar surface area (TPSA) is 61.0 Å². The molecule has 0 amide bonds. The van der Waals surface area contributed by atoms with Crippen molar-refractivity contribution in [1.29, 1.82) is 0 Å². The predicted molar refractivity (Wildman–Crippen MR) is 59.4 cm³/mol. The Balaban J connectivity index is 2.23. The summed E-state index contributed by atoms with van der Waals surface area (Å²) in [5, 5.41) is 14.8. The van der Waals surface area contributed by atoms with E-state index >= 15 is 0 Å². The van der Waals surface area contributed by atoms with Gasteiger partial charge in [0.05, 0.1) is 22.7 Å².